The highest BCUT2D eigenvalue weighted by Gasteiger charge is 2.39. The van der Waals surface area contributed by atoms with Crippen molar-refractivity contribution < 1.29 is 9.59 Å². The Labute approximate surface area is 154 Å². The first-order valence-electron chi connectivity index (χ1n) is 7.19. The van der Waals surface area contributed by atoms with Crippen LogP contribution >= 0.6 is 34.8 Å². The summed E-state index contributed by atoms with van der Waals surface area (Å²) in [4.78, 5) is 25.8. The fourth-order valence-corrected chi connectivity index (χ4v) is 3.52. The summed E-state index contributed by atoms with van der Waals surface area (Å²) in [7, 11) is 0. The van der Waals surface area contributed by atoms with Crippen LogP contribution in [0.25, 0.3) is 0 Å². The van der Waals surface area contributed by atoms with E-state index in [0.717, 1.165) is 5.56 Å². The average Bonchev–Trinajstić information content (AvgIpc) is 2.76. The van der Waals surface area contributed by atoms with Gasteiger partial charge in [0.2, 0.25) is 5.91 Å². The predicted octanol–water partition coefficient (Wildman–Crippen LogP) is 4.37. The maximum absolute atomic E-state index is 12.8. The van der Waals surface area contributed by atoms with Crippen molar-refractivity contribution in [2.24, 2.45) is 0 Å². The van der Waals surface area contributed by atoms with Crippen molar-refractivity contribution in [3.63, 3.8) is 0 Å². The minimum Gasteiger partial charge on any atom is -0.341 e. The topological polar surface area (TPSA) is 49.4 Å². The molecule has 2 amide bonds. The van der Waals surface area contributed by atoms with Crippen molar-refractivity contribution >= 4 is 52.3 Å². The van der Waals surface area contributed by atoms with Crippen LogP contribution in [0.15, 0.2) is 36.4 Å². The molecule has 0 spiro atoms. The zero-order chi connectivity index (χ0) is 17.4. The zero-order valence-electron chi connectivity index (χ0n) is 12.6. The van der Waals surface area contributed by atoms with Crippen molar-refractivity contribution in [3.05, 3.63) is 62.6 Å². The van der Waals surface area contributed by atoms with Crippen molar-refractivity contribution in [1.82, 2.24) is 5.32 Å². The molecule has 0 fully saturated rings. The van der Waals surface area contributed by atoms with Gasteiger partial charge in [-0.15, -0.1) is 0 Å². The van der Waals surface area contributed by atoms with Gasteiger partial charge in [0.1, 0.15) is 6.04 Å². The number of nitrogens with one attached hydrogen (secondary N) is 1. The van der Waals surface area contributed by atoms with Gasteiger partial charge in [0.25, 0.3) is 5.91 Å². The molecular weight excluding hydrogens is 371 g/mol. The van der Waals surface area contributed by atoms with Gasteiger partial charge in [-0.05, 0) is 23.8 Å². The van der Waals surface area contributed by atoms with Gasteiger partial charge in [0.05, 0.1) is 17.3 Å². The molecule has 24 heavy (non-hydrogen) atoms. The molecule has 3 rings (SSSR count). The third kappa shape index (κ3) is 3.09. The fraction of sp³-hybridized carbons (Fsp3) is 0.176. The van der Waals surface area contributed by atoms with Gasteiger partial charge in [-0.3, -0.25) is 9.59 Å². The van der Waals surface area contributed by atoms with Crippen molar-refractivity contribution in [2.45, 2.75) is 19.5 Å². The molecule has 1 N–H and O–H groups in total. The van der Waals surface area contributed by atoms with E-state index in [1.54, 1.807) is 36.4 Å². The number of rotatable bonds is 3. The number of hydrogen-bond acceptors (Lipinski definition) is 2. The van der Waals surface area contributed by atoms with Crippen LogP contribution in [0.4, 0.5) is 5.69 Å². The zero-order valence-corrected chi connectivity index (χ0v) is 14.9. The second-order valence-electron chi connectivity index (χ2n) is 5.47. The number of halogens is 3. The molecular formula is C17H13Cl3N2O2. The van der Waals surface area contributed by atoms with Gasteiger partial charge in [0.15, 0.2) is 0 Å². The van der Waals surface area contributed by atoms with Crippen LogP contribution in [0.5, 0.6) is 0 Å². The lowest BCUT2D eigenvalue weighted by atomic mass is 10.1. The summed E-state index contributed by atoms with van der Waals surface area (Å²) < 4.78 is 0. The van der Waals surface area contributed by atoms with Gasteiger partial charge in [0, 0.05) is 22.5 Å². The molecule has 0 bridgehead atoms. The minimum absolute atomic E-state index is 0.238. The molecule has 1 heterocycles. The highest BCUT2D eigenvalue weighted by Crippen LogP contribution is 2.42. The number of hydrogen-bond donors (Lipinski definition) is 1. The van der Waals surface area contributed by atoms with E-state index in [1.807, 2.05) is 0 Å². The minimum atomic E-state index is -0.748. The van der Waals surface area contributed by atoms with Crippen LogP contribution in [0.1, 0.15) is 24.1 Å². The standard InChI is InChI=1S/C17H13Cl3N2O2/c1-9(23)21-15-12-3-2-4-13(19)16(12)22(17(15)24)8-10-5-6-11(18)7-14(10)20/h2-7,15H,8H2,1H3,(H,21,23)/t15-/m0/s1. The van der Waals surface area contributed by atoms with Crippen molar-refractivity contribution in [3.8, 4) is 0 Å². The summed E-state index contributed by atoms with van der Waals surface area (Å²) in [5, 5.41) is 4.10. The predicted molar refractivity (Wildman–Crippen MR) is 95.7 cm³/mol. The third-order valence-corrected chi connectivity index (χ3v) is 4.70. The lowest BCUT2D eigenvalue weighted by Gasteiger charge is -2.20. The Morgan fingerprint density at radius 1 is 1.17 bits per heavy atom. The smallest absolute Gasteiger partial charge is 0.254 e. The largest absolute Gasteiger partial charge is 0.341 e. The Bertz CT molecular complexity index is 839. The van der Waals surface area contributed by atoms with Crippen LogP contribution in [0, 0.1) is 0 Å². The first-order valence-corrected chi connectivity index (χ1v) is 8.32. The van der Waals surface area contributed by atoms with E-state index in [1.165, 1.54) is 11.8 Å². The van der Waals surface area contributed by atoms with Gasteiger partial charge < -0.3 is 10.2 Å². The monoisotopic (exact) mass is 382 g/mol. The van der Waals surface area contributed by atoms with Gasteiger partial charge in [-0.25, -0.2) is 0 Å². The molecule has 1 atom stereocenters. The maximum atomic E-state index is 12.8. The molecule has 0 aromatic heterocycles. The molecule has 7 heteroatoms. The van der Waals surface area contributed by atoms with Crippen LogP contribution in [-0.2, 0) is 16.1 Å². The van der Waals surface area contributed by atoms with E-state index < -0.39 is 6.04 Å². The highest BCUT2D eigenvalue weighted by molar-refractivity contribution is 6.35. The SMILES string of the molecule is CC(=O)N[C@@H]1C(=O)N(Cc2ccc(Cl)cc2Cl)c2c(Cl)cccc21. The number of carbonyl (C=O) groups is 2. The Hall–Kier alpha value is -1.75. The van der Waals surface area contributed by atoms with E-state index in [-0.39, 0.29) is 18.4 Å². The molecule has 0 aliphatic carbocycles. The van der Waals surface area contributed by atoms with E-state index in [9.17, 15) is 9.59 Å². The van der Waals surface area contributed by atoms with Crippen LogP contribution in [0.2, 0.25) is 15.1 Å². The fourth-order valence-electron chi connectivity index (χ4n) is 2.77. The first-order chi connectivity index (χ1) is 11.4. The summed E-state index contributed by atoms with van der Waals surface area (Å²) >= 11 is 18.4. The number of carbonyl (C=O) groups excluding carboxylic acids is 2. The third-order valence-electron chi connectivity index (χ3n) is 3.80. The summed E-state index contributed by atoms with van der Waals surface area (Å²) in [5.74, 6) is -0.537. The van der Waals surface area contributed by atoms with Gasteiger partial charge in [-0.1, -0.05) is 53.0 Å². The Kier molecular flexibility index (Phi) is 4.72. The lowest BCUT2D eigenvalue weighted by molar-refractivity contribution is -0.126. The number of anilines is 1. The normalized spacial score (nSPS) is 16.2. The number of nitrogens with zero attached hydrogens (tertiary/aromatic N) is 1. The number of benzene rings is 2. The molecule has 1 aliphatic rings. The molecule has 4 nitrogen and oxygen atoms in total. The summed E-state index contributed by atoms with van der Waals surface area (Å²) in [6, 6.07) is 9.59. The molecule has 124 valence electrons. The van der Waals surface area contributed by atoms with E-state index in [0.29, 0.717) is 26.3 Å². The highest BCUT2D eigenvalue weighted by atomic mass is 35.5. The van der Waals surface area contributed by atoms with Gasteiger partial charge >= 0.3 is 0 Å². The second-order valence-corrected chi connectivity index (χ2v) is 6.72. The quantitative estimate of drug-likeness (QED) is 0.855. The number of fused-ring (bicyclic) bond motifs is 1. The summed E-state index contributed by atoms with van der Waals surface area (Å²) in [6.07, 6.45) is 0. The molecule has 0 radical (unpaired) electrons. The van der Waals surface area contributed by atoms with Crippen molar-refractivity contribution in [1.29, 1.82) is 0 Å². The second kappa shape index (κ2) is 6.63. The maximum Gasteiger partial charge on any atom is 0.254 e. The molecule has 0 saturated heterocycles. The Morgan fingerprint density at radius 3 is 2.58 bits per heavy atom. The summed E-state index contributed by atoms with van der Waals surface area (Å²) in [6.45, 7) is 1.61. The average molecular weight is 384 g/mol. The Balaban J connectivity index is 2.02. The Morgan fingerprint density at radius 2 is 1.92 bits per heavy atom. The summed E-state index contributed by atoms with van der Waals surface area (Å²) in [5.41, 5.74) is 2.01. The van der Waals surface area contributed by atoms with E-state index in [2.05, 4.69) is 5.32 Å². The van der Waals surface area contributed by atoms with Crippen LogP contribution < -0.4 is 10.2 Å². The lowest BCUT2D eigenvalue weighted by Crippen LogP contribution is -2.36. The first kappa shape index (κ1) is 17.1. The van der Waals surface area contributed by atoms with Crippen LogP contribution in [-0.4, -0.2) is 11.8 Å². The van der Waals surface area contributed by atoms with Crippen molar-refractivity contribution in [2.75, 3.05) is 4.90 Å². The van der Waals surface area contributed by atoms with Crippen LogP contribution in [0.3, 0.4) is 0 Å². The molecule has 2 aromatic carbocycles. The molecule has 2 aromatic rings. The van der Waals surface area contributed by atoms with Gasteiger partial charge in [-0.2, -0.15) is 0 Å². The molecule has 0 saturated carbocycles. The van der Waals surface area contributed by atoms with E-state index >= 15 is 0 Å². The van der Waals surface area contributed by atoms with E-state index in [4.69, 9.17) is 34.8 Å². The molecule has 0 unspecified atom stereocenters. The molecule has 1 aliphatic heterocycles. The number of amides is 2. The number of para-hydroxylation sites is 1.